The van der Waals surface area contributed by atoms with Gasteiger partial charge in [0.1, 0.15) is 11.7 Å². The van der Waals surface area contributed by atoms with Crippen molar-refractivity contribution in [1.82, 2.24) is 10.4 Å². The zero-order chi connectivity index (χ0) is 21.9. The summed E-state index contributed by atoms with van der Waals surface area (Å²) in [6.45, 7) is 3.20. The summed E-state index contributed by atoms with van der Waals surface area (Å²) < 4.78 is 25.7. The molecule has 30 heavy (non-hydrogen) atoms. The first-order chi connectivity index (χ1) is 14.2. The topological polar surface area (TPSA) is 91.7 Å². The van der Waals surface area contributed by atoms with E-state index in [9.17, 15) is 13.2 Å². The summed E-state index contributed by atoms with van der Waals surface area (Å²) in [7, 11) is -3.68. The zero-order valence-electron chi connectivity index (χ0n) is 16.8. The van der Waals surface area contributed by atoms with Gasteiger partial charge in [0.05, 0.1) is 23.7 Å². The molecule has 1 aromatic heterocycles. The van der Waals surface area contributed by atoms with E-state index in [4.69, 9.17) is 11.6 Å². The van der Waals surface area contributed by atoms with Gasteiger partial charge in [-0.05, 0) is 37.1 Å². The van der Waals surface area contributed by atoms with Crippen LogP contribution in [0, 0.1) is 13.8 Å². The average molecular weight is 445 g/mol. The molecule has 0 bridgehead atoms. The number of anilines is 1. The van der Waals surface area contributed by atoms with Crippen molar-refractivity contribution >= 4 is 50.3 Å². The van der Waals surface area contributed by atoms with E-state index in [1.54, 1.807) is 32.0 Å². The van der Waals surface area contributed by atoms with Gasteiger partial charge in [-0.1, -0.05) is 48.0 Å². The molecule has 7 nitrogen and oxygen atoms in total. The predicted octanol–water partition coefficient (Wildman–Crippen LogP) is 3.42. The van der Waals surface area contributed by atoms with Gasteiger partial charge in [0.25, 0.3) is 5.91 Å². The number of aryl methyl sites for hydroxylation is 2. The minimum Gasteiger partial charge on any atom is -0.271 e. The van der Waals surface area contributed by atoms with Crippen molar-refractivity contribution in [3.8, 4) is 0 Å². The Morgan fingerprint density at radius 1 is 1.17 bits per heavy atom. The molecule has 0 saturated carbocycles. The lowest BCUT2D eigenvalue weighted by Gasteiger charge is -2.25. The highest BCUT2D eigenvalue weighted by molar-refractivity contribution is 7.92. The number of sulfonamides is 1. The number of pyridine rings is 1. The molecule has 9 heteroatoms. The first-order valence-electron chi connectivity index (χ1n) is 9.08. The number of carbonyl (C=O) groups excluding carboxylic acids is 1. The quantitative estimate of drug-likeness (QED) is 0.358. The molecule has 0 spiro atoms. The minimum absolute atomic E-state index is 0.250. The Morgan fingerprint density at radius 2 is 1.83 bits per heavy atom. The lowest BCUT2D eigenvalue weighted by atomic mass is 10.1. The average Bonchev–Trinajstić information content (AvgIpc) is 2.66. The zero-order valence-corrected chi connectivity index (χ0v) is 18.3. The van der Waals surface area contributed by atoms with Gasteiger partial charge in [-0.15, -0.1) is 0 Å². The first kappa shape index (κ1) is 21.7. The van der Waals surface area contributed by atoms with E-state index in [1.807, 2.05) is 30.3 Å². The van der Waals surface area contributed by atoms with Gasteiger partial charge in [0, 0.05) is 10.9 Å². The summed E-state index contributed by atoms with van der Waals surface area (Å²) >= 11 is 6.17. The molecule has 1 amide bonds. The van der Waals surface area contributed by atoms with Crippen molar-refractivity contribution in [2.75, 3.05) is 17.1 Å². The van der Waals surface area contributed by atoms with Gasteiger partial charge in [0.15, 0.2) is 0 Å². The first-order valence-corrected chi connectivity index (χ1v) is 11.3. The molecule has 156 valence electrons. The second kappa shape index (κ2) is 8.81. The third kappa shape index (κ3) is 4.95. The maximum atomic E-state index is 12.4. The number of benzene rings is 2. The number of para-hydroxylation sites is 2. The second-order valence-corrected chi connectivity index (χ2v) is 9.13. The van der Waals surface area contributed by atoms with Crippen molar-refractivity contribution in [2.45, 2.75) is 13.8 Å². The standard InChI is InChI=1S/C21H21ClN4O3S/c1-14-7-6-8-15(2)20(14)26(30(3,28)29)13-19(27)25-23-12-17-11-16-9-4-5-10-18(16)24-21(17)22/h4-12H,13H2,1-3H3,(H,25,27)/b23-12-. The van der Waals surface area contributed by atoms with E-state index in [0.717, 1.165) is 32.6 Å². The molecule has 0 saturated heterocycles. The predicted molar refractivity (Wildman–Crippen MR) is 121 cm³/mol. The van der Waals surface area contributed by atoms with Crippen LogP contribution in [-0.4, -0.2) is 38.3 Å². The molecular formula is C21H21ClN4O3S. The van der Waals surface area contributed by atoms with Gasteiger partial charge < -0.3 is 0 Å². The van der Waals surface area contributed by atoms with Crippen molar-refractivity contribution in [3.05, 3.63) is 70.4 Å². The van der Waals surface area contributed by atoms with Gasteiger partial charge in [-0.2, -0.15) is 5.10 Å². The van der Waals surface area contributed by atoms with Crippen molar-refractivity contribution in [3.63, 3.8) is 0 Å². The number of fused-ring (bicyclic) bond motifs is 1. The third-order valence-corrected chi connectivity index (χ3v) is 5.89. The number of hydrazone groups is 1. The number of nitrogens with one attached hydrogen (secondary N) is 1. The van der Waals surface area contributed by atoms with Gasteiger partial charge in [-0.3, -0.25) is 9.10 Å². The highest BCUT2D eigenvalue weighted by Crippen LogP contribution is 2.26. The number of hydrogen-bond acceptors (Lipinski definition) is 5. The largest absolute Gasteiger partial charge is 0.271 e. The second-order valence-electron chi connectivity index (χ2n) is 6.86. The Balaban J connectivity index is 1.78. The molecule has 0 radical (unpaired) electrons. The van der Waals surface area contributed by atoms with Crippen LogP contribution in [0.1, 0.15) is 16.7 Å². The third-order valence-electron chi connectivity index (χ3n) is 4.47. The molecule has 3 aromatic rings. The smallest absolute Gasteiger partial charge is 0.260 e. The van der Waals surface area contributed by atoms with Crippen LogP contribution in [0.25, 0.3) is 10.9 Å². The Kier molecular flexibility index (Phi) is 6.38. The molecular weight excluding hydrogens is 424 g/mol. The van der Waals surface area contributed by atoms with Crippen LogP contribution in [0.2, 0.25) is 5.15 Å². The number of halogens is 1. The molecule has 0 fully saturated rings. The normalized spacial score (nSPS) is 11.7. The lowest BCUT2D eigenvalue weighted by Crippen LogP contribution is -2.39. The molecule has 3 rings (SSSR count). The number of nitrogens with zero attached hydrogens (tertiary/aromatic N) is 3. The van der Waals surface area contributed by atoms with Gasteiger partial charge in [-0.25, -0.2) is 18.8 Å². The van der Waals surface area contributed by atoms with Gasteiger partial charge in [0.2, 0.25) is 10.0 Å². The maximum absolute atomic E-state index is 12.4. The van der Waals surface area contributed by atoms with E-state index >= 15 is 0 Å². The van der Waals surface area contributed by atoms with Crippen LogP contribution in [0.4, 0.5) is 5.69 Å². The van der Waals surface area contributed by atoms with Crippen LogP contribution in [-0.2, 0) is 14.8 Å². The minimum atomic E-state index is -3.68. The van der Waals surface area contributed by atoms with Crippen molar-refractivity contribution < 1.29 is 13.2 Å². The SMILES string of the molecule is Cc1cccc(C)c1N(CC(=O)N/N=C\c1cc2ccccc2nc1Cl)S(C)(=O)=O. The molecule has 2 aromatic carbocycles. The van der Waals surface area contributed by atoms with E-state index < -0.39 is 22.5 Å². The summed E-state index contributed by atoms with van der Waals surface area (Å²) in [6, 6.07) is 14.7. The number of aromatic nitrogens is 1. The fraction of sp³-hybridized carbons (Fsp3) is 0.190. The van der Waals surface area contributed by atoms with Crippen LogP contribution in [0.15, 0.2) is 53.6 Å². The van der Waals surface area contributed by atoms with Crippen molar-refractivity contribution in [1.29, 1.82) is 0 Å². The molecule has 0 atom stereocenters. The molecule has 0 aliphatic heterocycles. The van der Waals surface area contributed by atoms with Gasteiger partial charge >= 0.3 is 0 Å². The lowest BCUT2D eigenvalue weighted by molar-refractivity contribution is -0.119. The Bertz CT molecular complexity index is 1220. The Hall–Kier alpha value is -2.97. The molecule has 0 unspecified atom stereocenters. The van der Waals surface area contributed by atoms with E-state index in [1.165, 1.54) is 6.21 Å². The molecule has 0 aliphatic carbocycles. The summed E-state index contributed by atoms with van der Waals surface area (Å²) in [4.78, 5) is 16.7. The van der Waals surface area contributed by atoms with Crippen LogP contribution in [0.5, 0.6) is 0 Å². The summed E-state index contributed by atoms with van der Waals surface area (Å²) in [5.41, 5.74) is 5.64. The van der Waals surface area contributed by atoms with E-state index in [2.05, 4.69) is 15.5 Å². The molecule has 1 N–H and O–H groups in total. The highest BCUT2D eigenvalue weighted by atomic mass is 35.5. The Morgan fingerprint density at radius 3 is 2.50 bits per heavy atom. The van der Waals surface area contributed by atoms with Crippen LogP contribution in [0.3, 0.4) is 0 Å². The number of carbonyl (C=O) groups is 1. The number of rotatable bonds is 6. The molecule has 1 heterocycles. The summed E-state index contributed by atoms with van der Waals surface area (Å²) in [6.07, 6.45) is 2.44. The monoisotopic (exact) mass is 444 g/mol. The molecule has 0 aliphatic rings. The van der Waals surface area contributed by atoms with Crippen LogP contribution < -0.4 is 9.73 Å². The van der Waals surface area contributed by atoms with E-state index in [0.29, 0.717) is 11.3 Å². The summed E-state index contributed by atoms with van der Waals surface area (Å²) in [5, 5.41) is 5.04. The fourth-order valence-corrected chi connectivity index (χ4v) is 4.27. The Labute approximate surface area is 180 Å². The van der Waals surface area contributed by atoms with Crippen molar-refractivity contribution in [2.24, 2.45) is 5.10 Å². The number of amides is 1. The fourth-order valence-electron chi connectivity index (χ4n) is 3.10. The number of hydrogen-bond donors (Lipinski definition) is 1. The summed E-state index contributed by atoms with van der Waals surface area (Å²) in [5.74, 6) is -0.579. The highest BCUT2D eigenvalue weighted by Gasteiger charge is 2.23. The van der Waals surface area contributed by atoms with Crippen LogP contribution >= 0.6 is 11.6 Å². The maximum Gasteiger partial charge on any atom is 0.260 e. The van der Waals surface area contributed by atoms with E-state index in [-0.39, 0.29) is 5.15 Å².